The maximum Gasteiger partial charge on any atom is 0.226 e. The van der Waals surface area contributed by atoms with E-state index < -0.39 is 0 Å². The molecule has 0 spiro atoms. The van der Waals surface area contributed by atoms with Crippen molar-refractivity contribution in [2.75, 3.05) is 20.3 Å². The standard InChI is InChI=1S/C23H26ClNO3/c1-27-22-11-5-2-7-16(22)14-25(15-17-8-6-12-28-17)23(26)20-13-19(20)18-9-3-4-10-21(18)24/h2-5,7,9-11,17,19-20H,6,8,12-15H2,1H3. The van der Waals surface area contributed by atoms with Crippen LogP contribution in [0.25, 0.3) is 0 Å². The smallest absolute Gasteiger partial charge is 0.226 e. The molecule has 2 fully saturated rings. The molecule has 28 heavy (non-hydrogen) atoms. The van der Waals surface area contributed by atoms with E-state index in [0.717, 1.165) is 47.8 Å². The van der Waals surface area contributed by atoms with E-state index in [1.165, 1.54) is 0 Å². The Balaban J connectivity index is 1.51. The molecule has 3 atom stereocenters. The van der Waals surface area contributed by atoms with E-state index in [-0.39, 0.29) is 23.8 Å². The highest BCUT2D eigenvalue weighted by Gasteiger charge is 2.46. The predicted octanol–water partition coefficient (Wildman–Crippen LogP) is 4.66. The van der Waals surface area contributed by atoms with Crippen LogP contribution < -0.4 is 4.74 Å². The number of ether oxygens (including phenoxy) is 2. The van der Waals surface area contributed by atoms with E-state index in [0.29, 0.717) is 13.1 Å². The SMILES string of the molecule is COc1ccccc1CN(CC1CCCO1)C(=O)C1CC1c1ccccc1Cl. The van der Waals surface area contributed by atoms with Crippen molar-refractivity contribution in [1.29, 1.82) is 0 Å². The summed E-state index contributed by atoms with van der Waals surface area (Å²) >= 11 is 6.35. The summed E-state index contributed by atoms with van der Waals surface area (Å²) in [7, 11) is 1.67. The first kappa shape index (κ1) is 19.3. The number of para-hydroxylation sites is 1. The summed E-state index contributed by atoms with van der Waals surface area (Å²) in [6, 6.07) is 15.7. The van der Waals surface area contributed by atoms with Crippen molar-refractivity contribution in [2.24, 2.45) is 5.92 Å². The number of carbonyl (C=O) groups is 1. The second-order valence-electron chi connectivity index (χ2n) is 7.64. The molecule has 0 radical (unpaired) electrons. The third kappa shape index (κ3) is 4.18. The molecule has 0 aromatic heterocycles. The van der Waals surface area contributed by atoms with Crippen molar-refractivity contribution in [3.05, 3.63) is 64.7 Å². The summed E-state index contributed by atoms with van der Waals surface area (Å²) < 4.78 is 11.3. The zero-order chi connectivity index (χ0) is 19.5. The van der Waals surface area contributed by atoms with Gasteiger partial charge in [0.1, 0.15) is 5.75 Å². The highest BCUT2D eigenvalue weighted by atomic mass is 35.5. The quantitative estimate of drug-likeness (QED) is 0.679. The summed E-state index contributed by atoms with van der Waals surface area (Å²) in [5.74, 6) is 1.21. The van der Waals surface area contributed by atoms with Gasteiger partial charge in [-0.15, -0.1) is 0 Å². The molecule has 1 saturated heterocycles. The number of benzene rings is 2. The first-order valence-corrected chi connectivity index (χ1v) is 10.3. The number of rotatable bonds is 7. The third-order valence-electron chi connectivity index (χ3n) is 5.73. The fourth-order valence-electron chi connectivity index (χ4n) is 4.13. The van der Waals surface area contributed by atoms with E-state index in [2.05, 4.69) is 0 Å². The number of carbonyl (C=O) groups excluding carboxylic acids is 1. The first-order valence-electron chi connectivity index (χ1n) is 9.94. The molecule has 5 heteroatoms. The molecule has 2 aliphatic rings. The van der Waals surface area contributed by atoms with Crippen molar-refractivity contribution < 1.29 is 14.3 Å². The van der Waals surface area contributed by atoms with Crippen LogP contribution in [-0.4, -0.2) is 37.2 Å². The average molecular weight is 400 g/mol. The molecule has 1 aliphatic heterocycles. The summed E-state index contributed by atoms with van der Waals surface area (Å²) in [4.78, 5) is 15.3. The van der Waals surface area contributed by atoms with Crippen LogP contribution in [0.4, 0.5) is 0 Å². The molecule has 148 valence electrons. The maximum atomic E-state index is 13.4. The second kappa shape index (κ2) is 8.54. The monoisotopic (exact) mass is 399 g/mol. The van der Waals surface area contributed by atoms with Gasteiger partial charge in [-0.1, -0.05) is 48.0 Å². The van der Waals surface area contributed by atoms with E-state index >= 15 is 0 Å². The van der Waals surface area contributed by atoms with Gasteiger partial charge in [-0.3, -0.25) is 4.79 Å². The molecule has 1 aliphatic carbocycles. The van der Waals surface area contributed by atoms with Gasteiger partial charge in [0, 0.05) is 36.2 Å². The van der Waals surface area contributed by atoms with Crippen molar-refractivity contribution in [2.45, 2.75) is 37.8 Å². The maximum absolute atomic E-state index is 13.4. The molecular formula is C23H26ClNO3. The summed E-state index contributed by atoms with van der Waals surface area (Å²) in [6.07, 6.45) is 3.05. The van der Waals surface area contributed by atoms with Gasteiger partial charge >= 0.3 is 0 Å². The normalized spacial score (nSPS) is 23.4. The van der Waals surface area contributed by atoms with Gasteiger partial charge in [0.05, 0.1) is 13.2 Å². The minimum Gasteiger partial charge on any atom is -0.496 e. The lowest BCUT2D eigenvalue weighted by Crippen LogP contribution is -2.38. The van der Waals surface area contributed by atoms with Crippen LogP contribution in [-0.2, 0) is 16.1 Å². The molecule has 4 nitrogen and oxygen atoms in total. The summed E-state index contributed by atoms with van der Waals surface area (Å²) in [5, 5.41) is 0.748. The lowest BCUT2D eigenvalue weighted by molar-refractivity contribution is -0.135. The zero-order valence-electron chi connectivity index (χ0n) is 16.1. The molecule has 1 heterocycles. The largest absolute Gasteiger partial charge is 0.496 e. The molecule has 1 saturated carbocycles. The number of hydrogen-bond donors (Lipinski definition) is 0. The van der Waals surface area contributed by atoms with Gasteiger partial charge < -0.3 is 14.4 Å². The Labute approximate surface area is 171 Å². The number of nitrogens with zero attached hydrogens (tertiary/aromatic N) is 1. The number of hydrogen-bond acceptors (Lipinski definition) is 3. The summed E-state index contributed by atoms with van der Waals surface area (Å²) in [5.41, 5.74) is 2.10. The molecule has 3 unspecified atom stereocenters. The Bertz CT molecular complexity index is 834. The van der Waals surface area contributed by atoms with Gasteiger partial charge in [0.15, 0.2) is 0 Å². The van der Waals surface area contributed by atoms with Crippen molar-refractivity contribution in [1.82, 2.24) is 4.90 Å². The molecule has 4 rings (SSSR count). The molecule has 1 amide bonds. The van der Waals surface area contributed by atoms with E-state index in [1.807, 2.05) is 53.4 Å². The molecule has 2 aromatic carbocycles. The van der Waals surface area contributed by atoms with Crippen molar-refractivity contribution in [3.8, 4) is 5.75 Å². The van der Waals surface area contributed by atoms with Crippen LogP contribution in [0.3, 0.4) is 0 Å². The number of halogens is 1. The molecule has 0 N–H and O–H groups in total. The predicted molar refractivity (Wildman–Crippen MR) is 110 cm³/mol. The van der Waals surface area contributed by atoms with Crippen LogP contribution in [0.1, 0.15) is 36.3 Å². The first-order chi connectivity index (χ1) is 13.7. The molecule has 0 bridgehead atoms. The Morgan fingerprint density at radius 1 is 1.21 bits per heavy atom. The fourth-order valence-corrected chi connectivity index (χ4v) is 4.40. The van der Waals surface area contributed by atoms with Gasteiger partial charge in [-0.05, 0) is 42.9 Å². The van der Waals surface area contributed by atoms with E-state index in [4.69, 9.17) is 21.1 Å². The Morgan fingerprint density at radius 3 is 2.75 bits per heavy atom. The third-order valence-corrected chi connectivity index (χ3v) is 6.07. The minimum absolute atomic E-state index is 0.00369. The van der Waals surface area contributed by atoms with Crippen molar-refractivity contribution >= 4 is 17.5 Å². The van der Waals surface area contributed by atoms with Crippen LogP contribution in [0.2, 0.25) is 5.02 Å². The average Bonchev–Trinajstić information content (AvgIpc) is 3.34. The van der Waals surface area contributed by atoms with E-state index in [9.17, 15) is 4.79 Å². The van der Waals surface area contributed by atoms with Crippen molar-refractivity contribution in [3.63, 3.8) is 0 Å². The lowest BCUT2D eigenvalue weighted by atomic mass is 10.1. The number of amides is 1. The van der Waals surface area contributed by atoms with Crippen LogP contribution >= 0.6 is 11.6 Å². The lowest BCUT2D eigenvalue weighted by Gasteiger charge is -2.26. The van der Waals surface area contributed by atoms with Gasteiger partial charge in [-0.2, -0.15) is 0 Å². The Hall–Kier alpha value is -2.04. The topological polar surface area (TPSA) is 38.8 Å². The minimum atomic E-state index is -0.00369. The fraction of sp³-hybridized carbons (Fsp3) is 0.435. The van der Waals surface area contributed by atoms with E-state index in [1.54, 1.807) is 7.11 Å². The molecular weight excluding hydrogens is 374 g/mol. The highest BCUT2D eigenvalue weighted by Crippen LogP contribution is 2.50. The number of methoxy groups -OCH3 is 1. The highest BCUT2D eigenvalue weighted by molar-refractivity contribution is 6.31. The zero-order valence-corrected chi connectivity index (χ0v) is 16.9. The van der Waals surface area contributed by atoms with Crippen LogP contribution in [0, 0.1) is 5.92 Å². The molecule has 2 aromatic rings. The van der Waals surface area contributed by atoms with Gasteiger partial charge in [0.2, 0.25) is 5.91 Å². The Kier molecular flexibility index (Phi) is 5.88. The van der Waals surface area contributed by atoms with Gasteiger partial charge in [-0.25, -0.2) is 0 Å². The Morgan fingerprint density at radius 2 is 2.00 bits per heavy atom. The second-order valence-corrected chi connectivity index (χ2v) is 8.04. The van der Waals surface area contributed by atoms with Gasteiger partial charge in [0.25, 0.3) is 0 Å². The van der Waals surface area contributed by atoms with Crippen LogP contribution in [0.5, 0.6) is 5.75 Å². The van der Waals surface area contributed by atoms with Crippen LogP contribution in [0.15, 0.2) is 48.5 Å². The summed E-state index contributed by atoms with van der Waals surface area (Å²) in [6.45, 7) is 1.95.